The minimum atomic E-state index is -0.433. The Morgan fingerprint density at radius 1 is 1.00 bits per heavy atom. The minimum absolute atomic E-state index is 0.114. The Labute approximate surface area is 258 Å². The van der Waals surface area contributed by atoms with E-state index in [0.717, 1.165) is 85.4 Å². The fraction of sp³-hybridized carbons (Fsp3) is 0.485. The molecule has 0 atom stereocenters. The summed E-state index contributed by atoms with van der Waals surface area (Å²) in [4.78, 5) is 29.4. The van der Waals surface area contributed by atoms with Crippen molar-refractivity contribution in [2.45, 2.75) is 97.2 Å². The zero-order chi connectivity index (χ0) is 30.1. The second-order valence-electron chi connectivity index (χ2n) is 11.8. The number of aromatic nitrogens is 2. The van der Waals surface area contributed by atoms with Crippen molar-refractivity contribution in [3.8, 4) is 17.0 Å². The second kappa shape index (κ2) is 14.9. The molecule has 0 fully saturated rings. The summed E-state index contributed by atoms with van der Waals surface area (Å²) in [6.07, 6.45) is 9.68. The van der Waals surface area contributed by atoms with Gasteiger partial charge in [-0.1, -0.05) is 48.5 Å². The summed E-state index contributed by atoms with van der Waals surface area (Å²) in [5.74, 6) is 1.63. The molecule has 1 N–H and O–H groups in total. The summed E-state index contributed by atoms with van der Waals surface area (Å²) in [5.41, 5.74) is 3.21. The molecule has 3 aromatic rings. The number of carbonyl (C=O) groups is 2. The minimum Gasteiger partial charge on any atom is -0.493 e. The van der Waals surface area contributed by atoms with E-state index in [1.165, 1.54) is 0 Å². The van der Waals surface area contributed by atoms with Gasteiger partial charge in [0.15, 0.2) is 0 Å². The van der Waals surface area contributed by atoms with Crippen LogP contribution in [0.3, 0.4) is 0 Å². The van der Waals surface area contributed by atoms with Gasteiger partial charge in [0.05, 0.1) is 28.8 Å². The van der Waals surface area contributed by atoms with Crippen molar-refractivity contribution >= 4 is 35.1 Å². The molecule has 0 saturated heterocycles. The first-order valence-electron chi connectivity index (χ1n) is 14.8. The number of imidazole rings is 1. The van der Waals surface area contributed by atoms with Crippen molar-refractivity contribution in [3.05, 3.63) is 69.6 Å². The lowest BCUT2D eigenvalue weighted by atomic mass is 10.1. The smallest absolute Gasteiger partial charge is 0.306 e. The molecule has 2 aromatic carbocycles. The third-order valence-corrected chi connectivity index (χ3v) is 7.78. The van der Waals surface area contributed by atoms with Crippen LogP contribution in [0.4, 0.5) is 0 Å². The van der Waals surface area contributed by atoms with E-state index in [0.29, 0.717) is 29.6 Å². The highest BCUT2D eigenvalue weighted by molar-refractivity contribution is 6.42. The summed E-state index contributed by atoms with van der Waals surface area (Å²) in [5, 5.41) is 3.92. The number of hydrogen-bond donors (Lipinski definition) is 1. The van der Waals surface area contributed by atoms with Crippen LogP contribution < -0.4 is 10.1 Å². The van der Waals surface area contributed by atoms with Gasteiger partial charge in [-0.3, -0.25) is 9.59 Å². The van der Waals surface area contributed by atoms with Crippen molar-refractivity contribution in [1.29, 1.82) is 0 Å². The number of hydrogen-bond acceptors (Lipinski definition) is 5. The van der Waals surface area contributed by atoms with Gasteiger partial charge in [-0.2, -0.15) is 0 Å². The average molecular weight is 615 g/mol. The molecule has 42 heavy (non-hydrogen) atoms. The standard InChI is InChI=1S/C33H41Cl2N3O4/c1-33(2,3)42-32(40)11-7-5-4-6-8-17-41-29-15-13-24(28-22-38-16-9-10-30(38)37-28)20-25(29)21-36-31(39)19-23-12-14-26(34)27(35)18-23/h12-15,18,20,22H,4-11,16-17,19,21H2,1-3H3,(H,36,39). The Kier molecular flexibility index (Phi) is 11.3. The molecule has 1 aliphatic rings. The number of unbranched alkanes of at least 4 members (excludes halogenated alkanes) is 4. The van der Waals surface area contributed by atoms with Crippen LogP contribution >= 0.6 is 23.2 Å². The van der Waals surface area contributed by atoms with Gasteiger partial charge in [0.25, 0.3) is 0 Å². The monoisotopic (exact) mass is 613 g/mol. The number of benzene rings is 2. The van der Waals surface area contributed by atoms with Gasteiger partial charge in [0.1, 0.15) is 17.2 Å². The Balaban J connectivity index is 1.30. The molecule has 0 bridgehead atoms. The zero-order valence-electron chi connectivity index (χ0n) is 24.8. The van der Waals surface area contributed by atoms with E-state index >= 15 is 0 Å². The van der Waals surface area contributed by atoms with E-state index in [4.69, 9.17) is 37.7 Å². The molecule has 0 aliphatic carbocycles. The summed E-state index contributed by atoms with van der Waals surface area (Å²) < 4.78 is 13.8. The number of aryl methyl sites for hydroxylation is 2. The number of nitrogens with one attached hydrogen (secondary N) is 1. The molecule has 0 unspecified atom stereocenters. The molecule has 9 heteroatoms. The quantitative estimate of drug-likeness (QED) is 0.149. The third kappa shape index (κ3) is 9.77. The normalized spacial score (nSPS) is 12.7. The Morgan fingerprint density at radius 2 is 1.79 bits per heavy atom. The molecule has 0 spiro atoms. The molecular weight excluding hydrogens is 573 g/mol. The van der Waals surface area contributed by atoms with Gasteiger partial charge in [0, 0.05) is 43.3 Å². The SMILES string of the molecule is CC(C)(C)OC(=O)CCCCCCCOc1ccc(-c2cn3c(n2)CCC3)cc1CNC(=O)Cc1ccc(Cl)c(Cl)c1. The van der Waals surface area contributed by atoms with E-state index in [2.05, 4.69) is 22.1 Å². The number of rotatable bonds is 14. The lowest BCUT2D eigenvalue weighted by Gasteiger charge is -2.19. The molecule has 0 radical (unpaired) electrons. The second-order valence-corrected chi connectivity index (χ2v) is 12.6. The Morgan fingerprint density at radius 3 is 2.55 bits per heavy atom. The van der Waals surface area contributed by atoms with Gasteiger partial charge in [-0.15, -0.1) is 0 Å². The molecule has 4 rings (SSSR count). The fourth-order valence-corrected chi connectivity index (χ4v) is 5.30. The molecule has 1 aromatic heterocycles. The van der Waals surface area contributed by atoms with Crippen molar-refractivity contribution in [2.75, 3.05) is 6.61 Å². The number of halogens is 2. The first-order chi connectivity index (χ1) is 20.1. The van der Waals surface area contributed by atoms with Crippen LogP contribution in [0.2, 0.25) is 10.0 Å². The van der Waals surface area contributed by atoms with E-state index in [9.17, 15) is 9.59 Å². The maximum atomic E-state index is 12.8. The van der Waals surface area contributed by atoms with Crippen molar-refractivity contribution in [2.24, 2.45) is 0 Å². The molecule has 1 amide bonds. The van der Waals surface area contributed by atoms with Gasteiger partial charge < -0.3 is 19.4 Å². The number of amides is 1. The van der Waals surface area contributed by atoms with Gasteiger partial charge >= 0.3 is 5.97 Å². The van der Waals surface area contributed by atoms with Crippen molar-refractivity contribution in [3.63, 3.8) is 0 Å². The van der Waals surface area contributed by atoms with Crippen LogP contribution in [0.25, 0.3) is 11.3 Å². The number of nitrogens with zero attached hydrogens (tertiary/aromatic N) is 2. The maximum Gasteiger partial charge on any atom is 0.306 e. The van der Waals surface area contributed by atoms with Crippen molar-refractivity contribution < 1.29 is 19.1 Å². The van der Waals surface area contributed by atoms with E-state index in [1.54, 1.807) is 18.2 Å². The summed E-state index contributed by atoms with van der Waals surface area (Å²) in [6, 6.07) is 11.3. The largest absolute Gasteiger partial charge is 0.493 e. The highest BCUT2D eigenvalue weighted by atomic mass is 35.5. The third-order valence-electron chi connectivity index (χ3n) is 7.04. The molecule has 226 valence electrons. The molecule has 2 heterocycles. The number of ether oxygens (including phenoxy) is 2. The predicted molar refractivity (Wildman–Crippen MR) is 167 cm³/mol. The first-order valence-corrected chi connectivity index (χ1v) is 15.6. The fourth-order valence-electron chi connectivity index (χ4n) is 4.98. The van der Waals surface area contributed by atoms with E-state index < -0.39 is 5.60 Å². The summed E-state index contributed by atoms with van der Waals surface area (Å²) in [6.45, 7) is 7.58. The number of carbonyl (C=O) groups excluding carboxylic acids is 2. The average Bonchev–Trinajstić information content (AvgIpc) is 3.53. The molecular formula is C33H41Cl2N3O4. The highest BCUT2D eigenvalue weighted by Crippen LogP contribution is 2.29. The first kappa shape index (κ1) is 31.9. The maximum absolute atomic E-state index is 12.8. The Bertz CT molecular complexity index is 1360. The highest BCUT2D eigenvalue weighted by Gasteiger charge is 2.17. The van der Waals surface area contributed by atoms with E-state index in [1.807, 2.05) is 32.9 Å². The lowest BCUT2D eigenvalue weighted by molar-refractivity contribution is -0.154. The Hall–Kier alpha value is -3.03. The van der Waals surface area contributed by atoms with Gasteiger partial charge in [0.2, 0.25) is 5.91 Å². The number of esters is 1. The lowest BCUT2D eigenvalue weighted by Crippen LogP contribution is -2.25. The number of fused-ring (bicyclic) bond motifs is 1. The zero-order valence-corrected chi connectivity index (χ0v) is 26.3. The van der Waals surface area contributed by atoms with Crippen LogP contribution in [-0.4, -0.2) is 33.6 Å². The van der Waals surface area contributed by atoms with Crippen LogP contribution in [0.1, 0.15) is 82.7 Å². The molecule has 7 nitrogen and oxygen atoms in total. The van der Waals surface area contributed by atoms with Crippen molar-refractivity contribution in [1.82, 2.24) is 14.9 Å². The van der Waals surface area contributed by atoms with Crippen LogP contribution in [0, 0.1) is 0 Å². The van der Waals surface area contributed by atoms with Crippen LogP contribution in [-0.2, 0) is 40.3 Å². The van der Waals surface area contributed by atoms with Crippen LogP contribution in [0.5, 0.6) is 5.75 Å². The summed E-state index contributed by atoms with van der Waals surface area (Å²) in [7, 11) is 0. The van der Waals surface area contributed by atoms with Gasteiger partial charge in [-0.25, -0.2) is 4.98 Å². The van der Waals surface area contributed by atoms with Gasteiger partial charge in [-0.05, 0) is 75.9 Å². The molecule has 1 aliphatic heterocycles. The van der Waals surface area contributed by atoms with E-state index in [-0.39, 0.29) is 18.3 Å². The molecule has 0 saturated carbocycles. The predicted octanol–water partition coefficient (Wildman–Crippen LogP) is 7.72. The topological polar surface area (TPSA) is 82.4 Å². The summed E-state index contributed by atoms with van der Waals surface area (Å²) >= 11 is 12.1. The van der Waals surface area contributed by atoms with Crippen LogP contribution in [0.15, 0.2) is 42.6 Å².